The maximum Gasteiger partial charge on any atom is 0.214 e. The number of nitrogens with zero attached hydrogens (tertiary/aromatic N) is 1. The molecular weight excluding hydrogens is 228 g/mol. The van der Waals surface area contributed by atoms with E-state index in [4.69, 9.17) is 4.74 Å². The molecule has 2 rings (SSSR count). The van der Waals surface area contributed by atoms with Crippen molar-refractivity contribution in [1.29, 1.82) is 0 Å². The summed E-state index contributed by atoms with van der Waals surface area (Å²) in [5, 5.41) is 13.1. The summed E-state index contributed by atoms with van der Waals surface area (Å²) in [4.78, 5) is 4.21. The molecule has 0 aliphatic carbocycles. The summed E-state index contributed by atoms with van der Waals surface area (Å²) >= 11 is 0. The van der Waals surface area contributed by atoms with Crippen LogP contribution in [0.1, 0.15) is 11.7 Å². The summed E-state index contributed by atoms with van der Waals surface area (Å²) < 4.78 is 5.03. The third-order valence-electron chi connectivity index (χ3n) is 2.59. The highest BCUT2D eigenvalue weighted by Crippen LogP contribution is 2.15. The first kappa shape index (κ1) is 12.4. The average molecular weight is 244 g/mol. The Morgan fingerprint density at radius 3 is 2.67 bits per heavy atom. The molecule has 0 amide bonds. The first-order chi connectivity index (χ1) is 8.79. The first-order valence-corrected chi connectivity index (χ1v) is 5.77. The predicted molar refractivity (Wildman–Crippen MR) is 70.7 cm³/mol. The highest BCUT2D eigenvalue weighted by molar-refractivity contribution is 5.37. The third kappa shape index (κ3) is 3.21. The molecule has 1 heterocycles. The van der Waals surface area contributed by atoms with Crippen molar-refractivity contribution in [2.24, 2.45) is 0 Å². The largest absolute Gasteiger partial charge is 0.481 e. The molecule has 1 aromatic heterocycles. The van der Waals surface area contributed by atoms with Crippen LogP contribution in [0, 0.1) is 0 Å². The minimum atomic E-state index is -0.556. The predicted octanol–water partition coefficient (Wildman–Crippen LogP) is 2.24. The fraction of sp³-hybridized carbons (Fsp3) is 0.214. The number of aliphatic hydroxyl groups is 1. The van der Waals surface area contributed by atoms with E-state index in [0.29, 0.717) is 18.2 Å². The first-order valence-electron chi connectivity index (χ1n) is 5.77. The third-order valence-corrected chi connectivity index (χ3v) is 2.59. The van der Waals surface area contributed by atoms with Gasteiger partial charge in [0.2, 0.25) is 5.88 Å². The van der Waals surface area contributed by atoms with Gasteiger partial charge in [-0.3, -0.25) is 0 Å². The Morgan fingerprint density at radius 1 is 1.17 bits per heavy atom. The van der Waals surface area contributed by atoms with Crippen LogP contribution in [0.3, 0.4) is 0 Å². The molecule has 2 aromatic rings. The molecule has 1 aromatic carbocycles. The van der Waals surface area contributed by atoms with Gasteiger partial charge in [0.15, 0.2) is 0 Å². The number of methoxy groups -OCH3 is 1. The lowest BCUT2D eigenvalue weighted by Gasteiger charge is -2.12. The van der Waals surface area contributed by atoms with Gasteiger partial charge in [0.25, 0.3) is 0 Å². The van der Waals surface area contributed by atoms with E-state index >= 15 is 0 Å². The molecule has 0 fully saturated rings. The molecule has 0 aliphatic rings. The molecule has 18 heavy (non-hydrogen) atoms. The number of hydrogen-bond donors (Lipinski definition) is 2. The van der Waals surface area contributed by atoms with Gasteiger partial charge in [0, 0.05) is 12.6 Å². The van der Waals surface area contributed by atoms with Gasteiger partial charge in [-0.15, -0.1) is 0 Å². The summed E-state index contributed by atoms with van der Waals surface area (Å²) in [5.41, 5.74) is 0.882. The standard InChI is InChI=1S/C14H16N2O2/c1-18-14-9-5-8-13(16-14)15-10-12(17)11-6-3-2-4-7-11/h2-9,12,17H,10H2,1H3,(H,15,16). The zero-order valence-corrected chi connectivity index (χ0v) is 10.2. The molecule has 4 heteroatoms. The van der Waals surface area contributed by atoms with Crippen LogP contribution < -0.4 is 10.1 Å². The van der Waals surface area contributed by atoms with Crippen LogP contribution in [0.5, 0.6) is 5.88 Å². The summed E-state index contributed by atoms with van der Waals surface area (Å²) in [6.45, 7) is 0.407. The van der Waals surface area contributed by atoms with Crippen molar-refractivity contribution in [2.75, 3.05) is 19.0 Å². The Bertz CT molecular complexity index is 488. The van der Waals surface area contributed by atoms with Crippen molar-refractivity contribution in [3.63, 3.8) is 0 Å². The molecule has 0 aliphatic heterocycles. The van der Waals surface area contributed by atoms with Gasteiger partial charge in [0.05, 0.1) is 13.2 Å². The number of nitrogens with one attached hydrogen (secondary N) is 1. The quantitative estimate of drug-likeness (QED) is 0.847. The zero-order chi connectivity index (χ0) is 12.8. The van der Waals surface area contributed by atoms with Crippen molar-refractivity contribution < 1.29 is 9.84 Å². The molecule has 1 unspecified atom stereocenters. The number of anilines is 1. The normalized spacial score (nSPS) is 11.9. The van der Waals surface area contributed by atoms with Gasteiger partial charge in [-0.2, -0.15) is 4.98 Å². The highest BCUT2D eigenvalue weighted by atomic mass is 16.5. The molecule has 1 atom stereocenters. The second kappa shape index (κ2) is 6.02. The maximum absolute atomic E-state index is 9.99. The Balaban J connectivity index is 1.95. The topological polar surface area (TPSA) is 54.4 Å². The summed E-state index contributed by atoms with van der Waals surface area (Å²) in [6, 6.07) is 15.0. The minimum absolute atomic E-state index is 0.407. The molecule has 0 saturated heterocycles. The number of aliphatic hydroxyl groups excluding tert-OH is 1. The molecule has 94 valence electrons. The van der Waals surface area contributed by atoms with Crippen molar-refractivity contribution in [3.8, 4) is 5.88 Å². The van der Waals surface area contributed by atoms with Gasteiger partial charge in [-0.05, 0) is 11.6 Å². The van der Waals surface area contributed by atoms with Crippen LogP contribution in [0.25, 0.3) is 0 Å². The van der Waals surface area contributed by atoms with E-state index in [1.807, 2.05) is 42.5 Å². The molecule has 0 bridgehead atoms. The van der Waals surface area contributed by atoms with Gasteiger partial charge in [-0.1, -0.05) is 36.4 Å². The lowest BCUT2D eigenvalue weighted by molar-refractivity contribution is 0.191. The van der Waals surface area contributed by atoms with Crippen LogP contribution in [0.4, 0.5) is 5.82 Å². The van der Waals surface area contributed by atoms with Gasteiger partial charge >= 0.3 is 0 Å². The van der Waals surface area contributed by atoms with Crippen molar-refractivity contribution in [1.82, 2.24) is 4.98 Å². The summed E-state index contributed by atoms with van der Waals surface area (Å²) in [6.07, 6.45) is -0.556. The number of benzene rings is 1. The molecule has 4 nitrogen and oxygen atoms in total. The summed E-state index contributed by atoms with van der Waals surface area (Å²) in [5.74, 6) is 1.23. The molecule has 0 saturated carbocycles. The second-order valence-electron chi connectivity index (χ2n) is 3.87. The van der Waals surface area contributed by atoms with E-state index in [0.717, 1.165) is 5.56 Å². The molecule has 2 N–H and O–H groups in total. The van der Waals surface area contributed by atoms with E-state index in [1.54, 1.807) is 13.2 Å². The fourth-order valence-corrected chi connectivity index (χ4v) is 1.62. The SMILES string of the molecule is COc1cccc(NCC(O)c2ccccc2)n1. The number of rotatable bonds is 5. The van der Waals surface area contributed by atoms with E-state index < -0.39 is 6.10 Å². The Morgan fingerprint density at radius 2 is 1.94 bits per heavy atom. The molecule has 0 spiro atoms. The van der Waals surface area contributed by atoms with Gasteiger partial charge in [-0.25, -0.2) is 0 Å². The van der Waals surface area contributed by atoms with Crippen molar-refractivity contribution >= 4 is 5.82 Å². The minimum Gasteiger partial charge on any atom is -0.481 e. The number of hydrogen-bond acceptors (Lipinski definition) is 4. The van der Waals surface area contributed by atoms with E-state index in [1.165, 1.54) is 0 Å². The van der Waals surface area contributed by atoms with E-state index in [2.05, 4.69) is 10.3 Å². The van der Waals surface area contributed by atoms with Crippen molar-refractivity contribution in [2.45, 2.75) is 6.10 Å². The van der Waals surface area contributed by atoms with Crippen LogP contribution in [-0.2, 0) is 0 Å². The van der Waals surface area contributed by atoms with Crippen LogP contribution >= 0.6 is 0 Å². The Kier molecular flexibility index (Phi) is 4.15. The zero-order valence-electron chi connectivity index (χ0n) is 10.2. The Labute approximate surface area is 106 Å². The second-order valence-corrected chi connectivity index (χ2v) is 3.87. The monoisotopic (exact) mass is 244 g/mol. The van der Waals surface area contributed by atoms with Gasteiger partial charge in [0.1, 0.15) is 5.82 Å². The molecule has 0 radical (unpaired) electrons. The number of pyridine rings is 1. The number of ether oxygens (including phenoxy) is 1. The maximum atomic E-state index is 9.99. The Hall–Kier alpha value is -2.07. The van der Waals surface area contributed by atoms with Crippen LogP contribution in [0.15, 0.2) is 48.5 Å². The lowest BCUT2D eigenvalue weighted by atomic mass is 10.1. The van der Waals surface area contributed by atoms with E-state index in [-0.39, 0.29) is 0 Å². The smallest absolute Gasteiger partial charge is 0.214 e. The number of aromatic nitrogens is 1. The van der Waals surface area contributed by atoms with Crippen LogP contribution in [-0.4, -0.2) is 23.7 Å². The van der Waals surface area contributed by atoms with Crippen molar-refractivity contribution in [3.05, 3.63) is 54.1 Å². The molecular formula is C14H16N2O2. The van der Waals surface area contributed by atoms with E-state index in [9.17, 15) is 5.11 Å². The highest BCUT2D eigenvalue weighted by Gasteiger charge is 2.06. The fourth-order valence-electron chi connectivity index (χ4n) is 1.62. The lowest BCUT2D eigenvalue weighted by Crippen LogP contribution is -2.12. The summed E-state index contributed by atoms with van der Waals surface area (Å²) in [7, 11) is 1.57. The van der Waals surface area contributed by atoms with Gasteiger partial charge < -0.3 is 15.2 Å². The van der Waals surface area contributed by atoms with Crippen LogP contribution in [0.2, 0.25) is 0 Å². The average Bonchev–Trinajstić information content (AvgIpc) is 2.46.